The van der Waals surface area contributed by atoms with E-state index in [9.17, 15) is 24.0 Å². The van der Waals surface area contributed by atoms with E-state index < -0.39 is 41.6 Å². The van der Waals surface area contributed by atoms with Crippen molar-refractivity contribution >= 4 is 57.7 Å². The fourth-order valence-corrected chi connectivity index (χ4v) is 9.87. The molecule has 2 aromatic heterocycles. The summed E-state index contributed by atoms with van der Waals surface area (Å²) in [5.41, 5.74) is 2.97. The van der Waals surface area contributed by atoms with Gasteiger partial charge in [-0.15, -0.1) is 0 Å². The zero-order valence-electron chi connectivity index (χ0n) is 34.5. The number of nitrogens with zero attached hydrogens (tertiary/aromatic N) is 5. The minimum absolute atomic E-state index is 0.0815. The van der Waals surface area contributed by atoms with Crippen molar-refractivity contribution in [1.82, 2.24) is 25.1 Å². The van der Waals surface area contributed by atoms with Gasteiger partial charge in [-0.25, -0.2) is 19.2 Å². The molecule has 1 spiro atoms. The normalized spacial score (nSPS) is 21.2. The third kappa shape index (κ3) is 7.31. The highest BCUT2D eigenvalue weighted by Gasteiger charge is 2.48. The van der Waals surface area contributed by atoms with Crippen LogP contribution >= 0.6 is 0 Å². The number of aromatic nitrogens is 2. The summed E-state index contributed by atoms with van der Waals surface area (Å²) in [6.45, 7) is 9.43. The molecule has 0 bridgehead atoms. The fraction of sp³-hybridized carbons (Fsp3) is 0.444. The molecule has 4 fully saturated rings. The van der Waals surface area contributed by atoms with E-state index in [1.54, 1.807) is 30.5 Å². The van der Waals surface area contributed by atoms with Crippen LogP contribution in [0.15, 0.2) is 48.8 Å². The number of amides is 5. The minimum Gasteiger partial charge on any atom is -0.488 e. The molecule has 7 heterocycles. The average Bonchev–Trinajstić information content (AvgIpc) is 3.46. The summed E-state index contributed by atoms with van der Waals surface area (Å²) in [7, 11) is 0. The fourth-order valence-electron chi connectivity index (χ4n) is 9.87. The van der Waals surface area contributed by atoms with Gasteiger partial charge in [-0.1, -0.05) is 0 Å². The maximum Gasteiger partial charge on any atom is 0.413 e. The number of fused-ring (bicyclic) bond motifs is 3. The summed E-state index contributed by atoms with van der Waals surface area (Å²) in [5, 5.41) is 9.52. The molecular formula is C45H47FN8O8. The van der Waals surface area contributed by atoms with Crippen LogP contribution in [0.25, 0.3) is 21.9 Å². The molecule has 1 unspecified atom stereocenters. The Kier molecular flexibility index (Phi) is 9.95. The second-order valence-corrected chi connectivity index (χ2v) is 17.7. The number of pyridine rings is 2. The zero-order valence-corrected chi connectivity index (χ0v) is 34.5. The van der Waals surface area contributed by atoms with Crippen LogP contribution in [0.5, 0.6) is 11.6 Å². The number of hydrogen-bond donors (Lipinski definition) is 3. The van der Waals surface area contributed by atoms with Crippen molar-refractivity contribution in [2.75, 3.05) is 61.4 Å². The Morgan fingerprint density at radius 2 is 1.76 bits per heavy atom. The van der Waals surface area contributed by atoms with Gasteiger partial charge in [-0.3, -0.25) is 34.7 Å². The van der Waals surface area contributed by atoms with Gasteiger partial charge in [0.15, 0.2) is 5.75 Å². The number of anilines is 3. The summed E-state index contributed by atoms with van der Waals surface area (Å²) in [4.78, 5) is 77.9. The second kappa shape index (κ2) is 15.5. The van der Waals surface area contributed by atoms with Crippen molar-refractivity contribution in [1.29, 1.82) is 0 Å². The van der Waals surface area contributed by atoms with Crippen molar-refractivity contribution in [3.8, 4) is 22.8 Å². The average molecular weight is 847 g/mol. The quantitative estimate of drug-likeness (QED) is 0.183. The maximum absolute atomic E-state index is 15.6. The van der Waals surface area contributed by atoms with Crippen LogP contribution in [0.1, 0.15) is 73.1 Å². The number of nitrogens with one attached hydrogen (secondary N) is 3. The zero-order chi connectivity index (χ0) is 42.9. The lowest BCUT2D eigenvalue weighted by atomic mass is 9.61. The lowest BCUT2D eigenvalue weighted by molar-refractivity contribution is -0.136. The third-order valence-corrected chi connectivity index (χ3v) is 13.1. The molecule has 10 rings (SSSR count). The van der Waals surface area contributed by atoms with Crippen molar-refractivity contribution < 1.29 is 42.6 Å². The van der Waals surface area contributed by atoms with Crippen LogP contribution in [-0.4, -0.2) is 114 Å². The highest BCUT2D eigenvalue weighted by molar-refractivity contribution is 6.23. The molecule has 1 saturated carbocycles. The van der Waals surface area contributed by atoms with E-state index in [-0.39, 0.29) is 36.0 Å². The van der Waals surface area contributed by atoms with E-state index in [0.29, 0.717) is 69.7 Å². The molecule has 5 amide bonds. The van der Waals surface area contributed by atoms with E-state index in [2.05, 4.69) is 35.7 Å². The number of piperidine rings is 2. The Hall–Kier alpha value is -6.36. The maximum atomic E-state index is 15.6. The molecule has 62 heavy (non-hydrogen) atoms. The number of benzene rings is 2. The van der Waals surface area contributed by atoms with Crippen LogP contribution in [0.4, 0.5) is 26.4 Å². The largest absolute Gasteiger partial charge is 0.488 e. The number of halogens is 1. The van der Waals surface area contributed by atoms with E-state index in [4.69, 9.17) is 14.2 Å². The Morgan fingerprint density at radius 3 is 2.53 bits per heavy atom. The third-order valence-electron chi connectivity index (χ3n) is 13.1. The van der Waals surface area contributed by atoms with Gasteiger partial charge in [0.2, 0.25) is 17.7 Å². The number of imide groups is 2. The predicted molar refractivity (Wildman–Crippen MR) is 225 cm³/mol. The van der Waals surface area contributed by atoms with Gasteiger partial charge in [0, 0.05) is 73.1 Å². The second-order valence-electron chi connectivity index (χ2n) is 17.7. The first kappa shape index (κ1) is 39.8. The molecule has 3 saturated heterocycles. The van der Waals surface area contributed by atoms with Gasteiger partial charge in [0.25, 0.3) is 11.8 Å². The summed E-state index contributed by atoms with van der Waals surface area (Å²) < 4.78 is 33.3. The standard InChI is InChI=1S/C45H47FN8O8/c1-24(2)61-39-33(20-49-41-38(39)47-9-12-60-41)31-13-26-15-36(48-19-27(26)14-34(31)46)50-44(59)62-29-17-45(18-29)7-10-52(11-8-45)21-25-22-53(23-25)28-3-4-30-32(16-28)43(58)54(42(30)57)35-5-6-37(55)51-40(35)56/h3-4,13-16,19-20,24-25,29,35,47H,5-12,17-18,21-23H2,1-2H3,(H,48,50,59)(H,51,55,56). The van der Waals surface area contributed by atoms with Crippen molar-refractivity contribution in [2.45, 2.75) is 70.6 Å². The molecule has 6 aliphatic rings. The molecule has 2 aromatic carbocycles. The van der Waals surface area contributed by atoms with E-state index in [1.165, 1.54) is 12.3 Å². The molecule has 1 atom stereocenters. The topological polar surface area (TPSA) is 185 Å². The molecule has 4 aromatic rings. The minimum atomic E-state index is -0.984. The summed E-state index contributed by atoms with van der Waals surface area (Å²) in [6, 6.07) is 9.09. The lowest BCUT2D eigenvalue weighted by Crippen LogP contribution is -2.55. The lowest BCUT2D eigenvalue weighted by Gasteiger charge is -2.52. The number of hydrogen-bond acceptors (Lipinski definition) is 13. The number of likely N-dealkylation sites (tertiary alicyclic amines) is 1. The molecule has 16 nitrogen and oxygen atoms in total. The van der Waals surface area contributed by atoms with Crippen LogP contribution in [-0.2, 0) is 14.3 Å². The van der Waals surface area contributed by atoms with Gasteiger partial charge in [0.05, 0.1) is 17.2 Å². The summed E-state index contributed by atoms with van der Waals surface area (Å²) in [6.07, 6.45) is 6.06. The van der Waals surface area contributed by atoms with Crippen LogP contribution in [0.2, 0.25) is 0 Å². The Labute approximate surface area is 356 Å². The molecule has 322 valence electrons. The van der Waals surface area contributed by atoms with Gasteiger partial charge in [0.1, 0.15) is 36.1 Å². The van der Waals surface area contributed by atoms with Crippen LogP contribution < -0.4 is 30.3 Å². The van der Waals surface area contributed by atoms with Crippen molar-refractivity contribution in [2.24, 2.45) is 11.3 Å². The van der Waals surface area contributed by atoms with E-state index in [0.717, 1.165) is 69.0 Å². The molecule has 1 aliphatic carbocycles. The SMILES string of the molecule is CC(C)Oc1c(-c2cc3cc(NC(=O)OC4CC5(CCN(CC6CN(c7ccc8c(c7)C(=O)N(C7CCC(=O)NC7=O)C8=O)C6)CC5)C4)ncc3cc2F)cnc2c1NCCO2. The van der Waals surface area contributed by atoms with E-state index >= 15 is 4.39 Å². The first-order valence-corrected chi connectivity index (χ1v) is 21.4. The Morgan fingerprint density at radius 1 is 0.968 bits per heavy atom. The van der Waals surface area contributed by atoms with E-state index in [1.807, 2.05) is 19.9 Å². The monoisotopic (exact) mass is 846 g/mol. The summed E-state index contributed by atoms with van der Waals surface area (Å²) >= 11 is 0. The molecule has 3 N–H and O–H groups in total. The highest BCUT2D eigenvalue weighted by Crippen LogP contribution is 2.51. The Bertz CT molecular complexity index is 2530. The number of ether oxygens (including phenoxy) is 3. The van der Waals surface area contributed by atoms with Crippen LogP contribution in [0, 0.1) is 17.2 Å². The van der Waals surface area contributed by atoms with Gasteiger partial charge < -0.3 is 29.3 Å². The number of rotatable bonds is 9. The summed E-state index contributed by atoms with van der Waals surface area (Å²) in [5.74, 6) is -0.842. The highest BCUT2D eigenvalue weighted by atomic mass is 19.1. The molecule has 17 heteroatoms. The molecular weight excluding hydrogens is 800 g/mol. The van der Waals surface area contributed by atoms with Gasteiger partial charge >= 0.3 is 6.09 Å². The number of carbonyl (C=O) groups is 5. The van der Waals surface area contributed by atoms with Crippen LogP contribution in [0.3, 0.4) is 0 Å². The number of carbonyl (C=O) groups excluding carboxylic acids is 5. The molecule has 5 aliphatic heterocycles. The van der Waals surface area contributed by atoms with Gasteiger partial charge in [-0.2, -0.15) is 0 Å². The van der Waals surface area contributed by atoms with Crippen molar-refractivity contribution in [3.63, 3.8) is 0 Å². The van der Waals surface area contributed by atoms with Crippen molar-refractivity contribution in [3.05, 3.63) is 65.7 Å². The predicted octanol–water partition coefficient (Wildman–Crippen LogP) is 5.36. The molecule has 0 radical (unpaired) electrons. The first-order valence-electron chi connectivity index (χ1n) is 21.4. The smallest absolute Gasteiger partial charge is 0.413 e. The van der Waals surface area contributed by atoms with Gasteiger partial charge in [-0.05, 0) is 106 Å². The first-order chi connectivity index (χ1) is 29.9. The Balaban J connectivity index is 0.694.